The lowest BCUT2D eigenvalue weighted by Crippen LogP contribution is -2.47. The molecule has 0 bridgehead atoms. The van der Waals surface area contributed by atoms with Gasteiger partial charge < -0.3 is 19.1 Å². The zero-order valence-corrected chi connectivity index (χ0v) is 19.3. The molecular weight excluding hydrogens is 404 g/mol. The summed E-state index contributed by atoms with van der Waals surface area (Å²) in [7, 11) is 1.62. The van der Waals surface area contributed by atoms with E-state index in [0.717, 1.165) is 44.0 Å². The average Bonchev–Trinajstić information content (AvgIpc) is 2.83. The molecule has 1 aliphatic heterocycles. The van der Waals surface area contributed by atoms with Gasteiger partial charge in [-0.25, -0.2) is 0 Å². The average molecular weight is 439 g/mol. The highest BCUT2D eigenvalue weighted by atomic mass is 16.5. The number of hydrogen-bond acceptors (Lipinski definition) is 5. The van der Waals surface area contributed by atoms with Gasteiger partial charge in [0.15, 0.2) is 11.5 Å². The van der Waals surface area contributed by atoms with E-state index < -0.39 is 0 Å². The van der Waals surface area contributed by atoms with Crippen LogP contribution in [0.4, 0.5) is 0 Å². The molecular formula is C26H34N2O4. The molecule has 1 saturated heterocycles. The number of benzene rings is 2. The fraction of sp³-hybridized carbons (Fsp3) is 0.423. The molecule has 32 heavy (non-hydrogen) atoms. The number of hydrogen-bond donors (Lipinski definition) is 0. The van der Waals surface area contributed by atoms with Gasteiger partial charge in [-0.15, -0.1) is 0 Å². The number of carbonyl (C=O) groups is 1. The van der Waals surface area contributed by atoms with E-state index in [1.54, 1.807) is 13.2 Å². The summed E-state index contributed by atoms with van der Waals surface area (Å²) in [5.74, 6) is 1.34. The predicted molar refractivity (Wildman–Crippen MR) is 127 cm³/mol. The van der Waals surface area contributed by atoms with Crippen LogP contribution in [0.25, 0.3) is 6.08 Å². The minimum absolute atomic E-state index is 0.0116. The molecule has 0 aromatic heterocycles. The maximum Gasteiger partial charge on any atom is 0.247 e. The highest BCUT2D eigenvalue weighted by Gasteiger charge is 2.22. The molecule has 1 atom stereocenters. The third-order valence-electron chi connectivity index (χ3n) is 5.54. The van der Waals surface area contributed by atoms with Crippen molar-refractivity contribution in [2.75, 3.05) is 46.6 Å². The summed E-state index contributed by atoms with van der Waals surface area (Å²) in [6.07, 6.45) is 3.48. The SMILES string of the molecule is CCOc1ccc(/C=C/C(=O)N(Cc2ccccc2)C(C)CN2CCOCC2)cc1OC. The van der Waals surface area contributed by atoms with Crippen molar-refractivity contribution >= 4 is 12.0 Å². The van der Waals surface area contributed by atoms with Gasteiger partial charge in [0.2, 0.25) is 5.91 Å². The molecule has 6 heteroatoms. The van der Waals surface area contributed by atoms with Crippen LogP contribution in [0.3, 0.4) is 0 Å². The van der Waals surface area contributed by atoms with E-state index in [9.17, 15) is 4.79 Å². The Morgan fingerprint density at radius 2 is 1.91 bits per heavy atom. The molecule has 0 aliphatic carbocycles. The Bertz CT molecular complexity index is 879. The fourth-order valence-electron chi connectivity index (χ4n) is 3.81. The minimum atomic E-state index is -0.0116. The maximum atomic E-state index is 13.3. The molecule has 0 saturated carbocycles. The molecule has 1 amide bonds. The molecule has 3 rings (SSSR count). The summed E-state index contributed by atoms with van der Waals surface area (Å²) < 4.78 is 16.5. The third-order valence-corrected chi connectivity index (χ3v) is 5.54. The van der Waals surface area contributed by atoms with Crippen LogP contribution in [-0.4, -0.2) is 68.3 Å². The Hall–Kier alpha value is -2.83. The van der Waals surface area contributed by atoms with E-state index in [2.05, 4.69) is 24.0 Å². The molecule has 0 N–H and O–H groups in total. The smallest absolute Gasteiger partial charge is 0.247 e. The monoisotopic (exact) mass is 438 g/mol. The molecule has 0 radical (unpaired) electrons. The number of carbonyl (C=O) groups excluding carboxylic acids is 1. The van der Waals surface area contributed by atoms with E-state index in [1.807, 2.05) is 54.3 Å². The van der Waals surface area contributed by atoms with E-state index >= 15 is 0 Å². The Morgan fingerprint density at radius 3 is 2.59 bits per heavy atom. The number of rotatable bonds is 10. The van der Waals surface area contributed by atoms with E-state index in [-0.39, 0.29) is 11.9 Å². The molecule has 2 aromatic carbocycles. The standard InChI is InChI=1S/C26H34N2O4/c1-4-32-24-12-10-22(18-25(24)30-3)11-13-26(29)28(20-23-8-6-5-7-9-23)21(2)19-27-14-16-31-17-15-27/h5-13,18,21H,4,14-17,19-20H2,1-3H3/b13-11+. The Balaban J connectivity index is 1.74. The second-order valence-corrected chi connectivity index (χ2v) is 7.89. The van der Waals surface area contributed by atoms with Crippen molar-refractivity contribution in [1.82, 2.24) is 9.80 Å². The van der Waals surface area contributed by atoms with Crippen LogP contribution < -0.4 is 9.47 Å². The first-order valence-corrected chi connectivity index (χ1v) is 11.2. The van der Waals surface area contributed by atoms with Gasteiger partial charge in [-0.1, -0.05) is 36.4 Å². The maximum absolute atomic E-state index is 13.3. The molecule has 1 fully saturated rings. The van der Waals surface area contributed by atoms with Crippen molar-refractivity contribution in [2.45, 2.75) is 26.4 Å². The Morgan fingerprint density at radius 1 is 1.16 bits per heavy atom. The first kappa shape index (κ1) is 23.8. The number of morpholine rings is 1. The van der Waals surface area contributed by atoms with Crippen LogP contribution >= 0.6 is 0 Å². The molecule has 2 aromatic rings. The third kappa shape index (κ3) is 6.84. The van der Waals surface area contributed by atoms with Crippen molar-refractivity contribution in [3.8, 4) is 11.5 Å². The van der Waals surface area contributed by atoms with Crippen molar-refractivity contribution in [3.05, 3.63) is 65.7 Å². The molecule has 1 heterocycles. The fourth-order valence-corrected chi connectivity index (χ4v) is 3.81. The topological polar surface area (TPSA) is 51.2 Å². The van der Waals surface area contributed by atoms with Crippen LogP contribution in [0.1, 0.15) is 25.0 Å². The lowest BCUT2D eigenvalue weighted by molar-refractivity contribution is -0.129. The van der Waals surface area contributed by atoms with E-state index in [0.29, 0.717) is 24.7 Å². The van der Waals surface area contributed by atoms with Gasteiger partial charge >= 0.3 is 0 Å². The summed E-state index contributed by atoms with van der Waals surface area (Å²) >= 11 is 0. The molecule has 172 valence electrons. The summed E-state index contributed by atoms with van der Waals surface area (Å²) in [6.45, 7) is 9.32. The molecule has 6 nitrogen and oxygen atoms in total. The number of amides is 1. The van der Waals surface area contributed by atoms with E-state index in [4.69, 9.17) is 14.2 Å². The normalized spacial score (nSPS) is 15.5. The highest BCUT2D eigenvalue weighted by Crippen LogP contribution is 2.28. The van der Waals surface area contributed by atoms with Crippen LogP contribution in [0.15, 0.2) is 54.6 Å². The van der Waals surface area contributed by atoms with Crippen LogP contribution in [0.2, 0.25) is 0 Å². The van der Waals surface area contributed by atoms with Gasteiger partial charge in [-0.3, -0.25) is 9.69 Å². The molecule has 0 spiro atoms. The van der Waals surface area contributed by atoms with Crippen LogP contribution in [0.5, 0.6) is 11.5 Å². The van der Waals surface area contributed by atoms with Crippen molar-refractivity contribution < 1.29 is 19.0 Å². The quantitative estimate of drug-likeness (QED) is 0.528. The number of methoxy groups -OCH3 is 1. The lowest BCUT2D eigenvalue weighted by Gasteiger charge is -2.34. The summed E-state index contributed by atoms with van der Waals surface area (Å²) in [4.78, 5) is 17.6. The van der Waals surface area contributed by atoms with Crippen LogP contribution in [0, 0.1) is 0 Å². The van der Waals surface area contributed by atoms with Gasteiger partial charge in [0.1, 0.15) is 0 Å². The summed E-state index contributed by atoms with van der Waals surface area (Å²) in [5, 5.41) is 0. The second kappa shape index (κ2) is 12.3. The summed E-state index contributed by atoms with van der Waals surface area (Å²) in [6, 6.07) is 15.9. The van der Waals surface area contributed by atoms with Crippen molar-refractivity contribution in [1.29, 1.82) is 0 Å². The van der Waals surface area contributed by atoms with Gasteiger partial charge in [0.05, 0.1) is 26.9 Å². The number of ether oxygens (including phenoxy) is 3. The Kier molecular flexibility index (Phi) is 9.13. The lowest BCUT2D eigenvalue weighted by atomic mass is 10.1. The zero-order chi connectivity index (χ0) is 22.8. The van der Waals surface area contributed by atoms with Crippen LogP contribution in [-0.2, 0) is 16.1 Å². The van der Waals surface area contributed by atoms with Gasteiger partial charge in [-0.2, -0.15) is 0 Å². The summed E-state index contributed by atoms with van der Waals surface area (Å²) in [5.41, 5.74) is 2.00. The van der Waals surface area contributed by atoms with Gasteiger partial charge in [0, 0.05) is 38.3 Å². The second-order valence-electron chi connectivity index (χ2n) is 7.89. The Labute approximate surface area is 191 Å². The first-order valence-electron chi connectivity index (χ1n) is 11.2. The minimum Gasteiger partial charge on any atom is -0.493 e. The van der Waals surface area contributed by atoms with E-state index in [1.165, 1.54) is 0 Å². The van der Waals surface area contributed by atoms with Gasteiger partial charge in [-0.05, 0) is 43.2 Å². The van der Waals surface area contributed by atoms with Gasteiger partial charge in [0.25, 0.3) is 0 Å². The first-order chi connectivity index (χ1) is 15.6. The van der Waals surface area contributed by atoms with Crippen molar-refractivity contribution in [3.63, 3.8) is 0 Å². The number of nitrogens with zero attached hydrogens (tertiary/aromatic N) is 2. The van der Waals surface area contributed by atoms with Crippen molar-refractivity contribution in [2.24, 2.45) is 0 Å². The highest BCUT2D eigenvalue weighted by molar-refractivity contribution is 5.92. The predicted octanol–water partition coefficient (Wildman–Crippen LogP) is 3.86. The molecule has 1 unspecified atom stereocenters. The zero-order valence-electron chi connectivity index (χ0n) is 19.3. The molecule has 1 aliphatic rings. The largest absolute Gasteiger partial charge is 0.493 e.